The second-order valence-corrected chi connectivity index (χ2v) is 6.24. The maximum absolute atomic E-state index is 14.4. The molecule has 0 saturated heterocycles. The van der Waals surface area contributed by atoms with Gasteiger partial charge in [0.1, 0.15) is 23.1 Å². The minimum atomic E-state index is -0.663. The molecule has 0 bridgehead atoms. The Bertz CT molecular complexity index is 1120. The number of halogens is 1. The molecule has 3 aromatic rings. The number of nitrogens with one attached hydrogen (secondary N) is 3. The number of urea groups is 1. The first-order valence-corrected chi connectivity index (χ1v) is 9.29. The number of amides is 3. The lowest BCUT2D eigenvalue weighted by atomic mass is 10.1. The SMILES string of the molecule is CCNC(=O)Nc1ccc(Oc2ccnc3cc(OC)c(C(=O)NOC)cc23)cc1F. The smallest absolute Gasteiger partial charge is 0.319 e. The molecule has 3 rings (SSSR count). The van der Waals surface area contributed by atoms with Crippen LogP contribution in [0.2, 0.25) is 0 Å². The van der Waals surface area contributed by atoms with Crippen LogP contribution in [-0.4, -0.2) is 37.7 Å². The van der Waals surface area contributed by atoms with E-state index in [0.29, 0.717) is 28.9 Å². The molecular weight excluding hydrogens is 407 g/mol. The van der Waals surface area contributed by atoms with Crippen molar-refractivity contribution < 1.29 is 28.3 Å². The summed E-state index contributed by atoms with van der Waals surface area (Å²) in [4.78, 5) is 32.8. The van der Waals surface area contributed by atoms with Crippen LogP contribution in [-0.2, 0) is 4.84 Å². The number of anilines is 1. The standard InChI is InChI=1S/C21H21FN4O5/c1-4-23-21(28)25-16-6-5-12(9-15(16)22)31-18-7-8-24-17-11-19(29-2)14(10-13(17)18)20(27)26-30-3/h5-11H,4H2,1-3H3,(H,26,27)(H2,23,25,28). The van der Waals surface area contributed by atoms with E-state index in [0.717, 1.165) is 6.07 Å². The van der Waals surface area contributed by atoms with Crippen molar-refractivity contribution in [2.45, 2.75) is 6.92 Å². The van der Waals surface area contributed by atoms with E-state index >= 15 is 0 Å². The van der Waals surface area contributed by atoms with Gasteiger partial charge >= 0.3 is 6.03 Å². The number of hydrogen-bond donors (Lipinski definition) is 3. The van der Waals surface area contributed by atoms with Crippen molar-refractivity contribution in [2.75, 3.05) is 26.1 Å². The molecule has 0 atom stereocenters. The summed E-state index contributed by atoms with van der Waals surface area (Å²) >= 11 is 0. The van der Waals surface area contributed by atoms with Gasteiger partial charge in [0.05, 0.1) is 31.0 Å². The Labute approximate surface area is 177 Å². The van der Waals surface area contributed by atoms with Crippen LogP contribution in [0.3, 0.4) is 0 Å². The predicted molar refractivity (Wildman–Crippen MR) is 112 cm³/mol. The van der Waals surface area contributed by atoms with Gasteiger partial charge in [0.15, 0.2) is 0 Å². The van der Waals surface area contributed by atoms with Crippen LogP contribution >= 0.6 is 0 Å². The normalized spacial score (nSPS) is 10.5. The Kier molecular flexibility index (Phi) is 6.83. The number of hydroxylamine groups is 1. The first kappa shape index (κ1) is 21.8. The lowest BCUT2D eigenvalue weighted by Gasteiger charge is -2.13. The molecule has 2 aromatic carbocycles. The molecule has 0 aliphatic heterocycles. The second kappa shape index (κ2) is 9.72. The molecule has 9 nitrogen and oxygen atoms in total. The van der Waals surface area contributed by atoms with E-state index in [4.69, 9.17) is 9.47 Å². The average molecular weight is 428 g/mol. The van der Waals surface area contributed by atoms with Gasteiger partial charge in [-0.3, -0.25) is 14.6 Å². The summed E-state index contributed by atoms with van der Waals surface area (Å²) in [6.07, 6.45) is 1.52. The Morgan fingerprint density at radius 2 is 1.90 bits per heavy atom. The van der Waals surface area contributed by atoms with E-state index in [2.05, 4.69) is 25.9 Å². The molecule has 0 aliphatic carbocycles. The fourth-order valence-corrected chi connectivity index (χ4v) is 2.85. The molecule has 0 saturated carbocycles. The highest BCUT2D eigenvalue weighted by molar-refractivity contribution is 6.01. The lowest BCUT2D eigenvalue weighted by Crippen LogP contribution is -2.28. The Morgan fingerprint density at radius 3 is 2.58 bits per heavy atom. The van der Waals surface area contributed by atoms with Crippen LogP contribution < -0.4 is 25.6 Å². The third kappa shape index (κ3) is 4.98. The van der Waals surface area contributed by atoms with Crippen molar-refractivity contribution in [3.8, 4) is 17.2 Å². The molecule has 0 radical (unpaired) electrons. The highest BCUT2D eigenvalue weighted by Crippen LogP contribution is 2.34. The van der Waals surface area contributed by atoms with Gasteiger partial charge in [-0.25, -0.2) is 14.7 Å². The molecule has 31 heavy (non-hydrogen) atoms. The molecule has 0 aliphatic rings. The third-order valence-electron chi connectivity index (χ3n) is 4.22. The van der Waals surface area contributed by atoms with Crippen LogP contribution in [0.25, 0.3) is 10.9 Å². The van der Waals surface area contributed by atoms with E-state index < -0.39 is 17.8 Å². The van der Waals surface area contributed by atoms with Crippen LogP contribution in [0.1, 0.15) is 17.3 Å². The Balaban J connectivity index is 1.94. The van der Waals surface area contributed by atoms with Gasteiger partial charge in [-0.1, -0.05) is 0 Å². The van der Waals surface area contributed by atoms with Crippen molar-refractivity contribution in [2.24, 2.45) is 0 Å². The van der Waals surface area contributed by atoms with Gasteiger partial charge in [0, 0.05) is 30.3 Å². The zero-order valence-corrected chi connectivity index (χ0v) is 17.1. The average Bonchev–Trinajstić information content (AvgIpc) is 2.75. The minimum absolute atomic E-state index is 0.0149. The van der Waals surface area contributed by atoms with E-state index in [1.807, 2.05) is 0 Å². The molecule has 0 fully saturated rings. The summed E-state index contributed by atoms with van der Waals surface area (Å²) in [6, 6.07) is 8.27. The molecule has 1 aromatic heterocycles. The Hall–Kier alpha value is -3.92. The second-order valence-electron chi connectivity index (χ2n) is 6.24. The van der Waals surface area contributed by atoms with E-state index in [9.17, 15) is 14.0 Å². The van der Waals surface area contributed by atoms with Crippen LogP contribution in [0.5, 0.6) is 17.2 Å². The van der Waals surface area contributed by atoms with Crippen molar-refractivity contribution in [1.82, 2.24) is 15.8 Å². The molecule has 3 amide bonds. The molecule has 10 heteroatoms. The number of nitrogens with zero attached hydrogens (tertiary/aromatic N) is 1. The summed E-state index contributed by atoms with van der Waals surface area (Å²) in [5, 5.41) is 5.45. The van der Waals surface area contributed by atoms with Gasteiger partial charge in [-0.2, -0.15) is 0 Å². The van der Waals surface area contributed by atoms with Crippen molar-refractivity contribution in [1.29, 1.82) is 0 Å². The molecule has 162 valence electrons. The zero-order valence-electron chi connectivity index (χ0n) is 17.1. The van der Waals surface area contributed by atoms with E-state index in [1.54, 1.807) is 25.1 Å². The summed E-state index contributed by atoms with van der Waals surface area (Å²) < 4.78 is 25.5. The summed E-state index contributed by atoms with van der Waals surface area (Å²) in [5.41, 5.74) is 2.98. The van der Waals surface area contributed by atoms with Gasteiger partial charge in [0.25, 0.3) is 5.91 Å². The van der Waals surface area contributed by atoms with E-state index in [1.165, 1.54) is 32.5 Å². The topological polar surface area (TPSA) is 111 Å². The fraction of sp³-hybridized carbons (Fsp3) is 0.190. The molecule has 1 heterocycles. The van der Waals surface area contributed by atoms with Crippen molar-refractivity contribution in [3.63, 3.8) is 0 Å². The number of carbonyl (C=O) groups is 2. The highest BCUT2D eigenvalue weighted by atomic mass is 19.1. The van der Waals surface area contributed by atoms with Crippen LogP contribution in [0.15, 0.2) is 42.6 Å². The van der Waals surface area contributed by atoms with Gasteiger partial charge in [-0.05, 0) is 31.2 Å². The van der Waals surface area contributed by atoms with Crippen molar-refractivity contribution >= 4 is 28.5 Å². The van der Waals surface area contributed by atoms with Crippen LogP contribution in [0, 0.1) is 5.82 Å². The fourth-order valence-electron chi connectivity index (χ4n) is 2.85. The monoisotopic (exact) mass is 428 g/mol. The summed E-state index contributed by atoms with van der Waals surface area (Å²) in [7, 11) is 2.75. The number of ether oxygens (including phenoxy) is 2. The molecule has 0 unspecified atom stereocenters. The molecule has 0 spiro atoms. The number of fused-ring (bicyclic) bond motifs is 1. The predicted octanol–water partition coefficient (Wildman–Crippen LogP) is 3.61. The lowest BCUT2D eigenvalue weighted by molar-refractivity contribution is 0.0535. The maximum Gasteiger partial charge on any atom is 0.319 e. The number of carbonyl (C=O) groups excluding carboxylic acids is 2. The third-order valence-corrected chi connectivity index (χ3v) is 4.22. The highest BCUT2D eigenvalue weighted by Gasteiger charge is 2.17. The van der Waals surface area contributed by atoms with Crippen LogP contribution in [0.4, 0.5) is 14.9 Å². The zero-order chi connectivity index (χ0) is 22.4. The first-order chi connectivity index (χ1) is 15.0. The summed E-state index contributed by atoms with van der Waals surface area (Å²) in [6.45, 7) is 2.17. The van der Waals surface area contributed by atoms with Gasteiger partial charge in [-0.15, -0.1) is 0 Å². The molecule has 3 N–H and O–H groups in total. The summed E-state index contributed by atoms with van der Waals surface area (Å²) in [5.74, 6) is -0.321. The molecular formula is C21H21FN4O5. The number of rotatable bonds is 7. The van der Waals surface area contributed by atoms with Gasteiger partial charge < -0.3 is 20.1 Å². The number of hydrogen-bond acceptors (Lipinski definition) is 6. The number of aromatic nitrogens is 1. The first-order valence-electron chi connectivity index (χ1n) is 9.29. The quantitative estimate of drug-likeness (QED) is 0.496. The number of pyridine rings is 1. The maximum atomic E-state index is 14.4. The van der Waals surface area contributed by atoms with Crippen molar-refractivity contribution in [3.05, 3.63) is 54.0 Å². The number of methoxy groups -OCH3 is 1. The van der Waals surface area contributed by atoms with E-state index in [-0.39, 0.29) is 17.0 Å². The Morgan fingerprint density at radius 1 is 1.10 bits per heavy atom. The van der Waals surface area contributed by atoms with Gasteiger partial charge in [0.2, 0.25) is 0 Å². The largest absolute Gasteiger partial charge is 0.496 e. The number of benzene rings is 2. The minimum Gasteiger partial charge on any atom is -0.496 e.